The third-order valence-corrected chi connectivity index (χ3v) is 7.06. The lowest BCUT2D eigenvalue weighted by Crippen LogP contribution is -2.24. The SMILES string of the molecule is CS(=O)(=O)c1ccc(C(CC2CCCC2)C(=O)Nc2nccnc2CCO)cc1Cl. The smallest absolute Gasteiger partial charge is 0.233 e. The zero-order valence-corrected chi connectivity index (χ0v) is 18.4. The number of aromatic nitrogens is 2. The molecule has 1 fully saturated rings. The molecule has 1 heterocycles. The summed E-state index contributed by atoms with van der Waals surface area (Å²) < 4.78 is 23.8. The highest BCUT2D eigenvalue weighted by atomic mass is 35.5. The normalized spacial score (nSPS) is 15.8. The molecule has 1 aliphatic rings. The van der Waals surface area contributed by atoms with Crippen LogP contribution in [-0.2, 0) is 21.1 Å². The van der Waals surface area contributed by atoms with E-state index in [1.54, 1.807) is 12.1 Å². The summed E-state index contributed by atoms with van der Waals surface area (Å²) in [5.74, 6) is 0.00709. The molecule has 1 aliphatic carbocycles. The first-order valence-corrected chi connectivity index (χ1v) is 12.3. The first-order valence-electron chi connectivity index (χ1n) is 10.0. The second kappa shape index (κ2) is 9.85. The van der Waals surface area contributed by atoms with Crippen molar-refractivity contribution in [1.82, 2.24) is 9.97 Å². The predicted molar refractivity (Wildman–Crippen MR) is 115 cm³/mol. The second-order valence-electron chi connectivity index (χ2n) is 7.72. The van der Waals surface area contributed by atoms with Crippen molar-refractivity contribution < 1.29 is 18.3 Å². The first kappa shape index (κ1) is 22.7. The van der Waals surface area contributed by atoms with E-state index in [1.165, 1.54) is 18.5 Å². The van der Waals surface area contributed by atoms with E-state index < -0.39 is 15.8 Å². The van der Waals surface area contributed by atoms with Crippen LogP contribution >= 0.6 is 11.6 Å². The highest BCUT2D eigenvalue weighted by Crippen LogP contribution is 2.36. The van der Waals surface area contributed by atoms with Crippen molar-refractivity contribution >= 4 is 33.2 Å². The van der Waals surface area contributed by atoms with Crippen molar-refractivity contribution in [3.05, 3.63) is 46.9 Å². The third kappa shape index (κ3) is 5.56. The Labute approximate surface area is 181 Å². The van der Waals surface area contributed by atoms with E-state index in [0.717, 1.165) is 31.9 Å². The fourth-order valence-corrected chi connectivity index (χ4v) is 5.31. The summed E-state index contributed by atoms with van der Waals surface area (Å²) in [6, 6.07) is 4.69. The van der Waals surface area contributed by atoms with E-state index in [2.05, 4.69) is 15.3 Å². The molecule has 2 N–H and O–H groups in total. The number of sulfone groups is 1. The number of hydrogen-bond donors (Lipinski definition) is 2. The van der Waals surface area contributed by atoms with Gasteiger partial charge in [-0.05, 0) is 30.0 Å². The maximum absolute atomic E-state index is 13.2. The molecular weight excluding hydrogens is 426 g/mol. The molecule has 162 valence electrons. The van der Waals surface area contributed by atoms with E-state index in [9.17, 15) is 18.3 Å². The largest absolute Gasteiger partial charge is 0.396 e. The molecule has 30 heavy (non-hydrogen) atoms. The van der Waals surface area contributed by atoms with Gasteiger partial charge in [-0.1, -0.05) is 43.4 Å². The molecule has 0 spiro atoms. The Kier molecular flexibility index (Phi) is 7.44. The minimum absolute atomic E-state index is 0.0482. The number of benzene rings is 1. The molecular formula is C21H26ClN3O4S. The monoisotopic (exact) mass is 451 g/mol. The molecule has 7 nitrogen and oxygen atoms in total. The predicted octanol–water partition coefficient (Wildman–Crippen LogP) is 3.37. The number of carbonyl (C=O) groups is 1. The Balaban J connectivity index is 1.91. The quantitative estimate of drug-likeness (QED) is 0.636. The zero-order chi connectivity index (χ0) is 21.7. The molecule has 1 amide bonds. The van der Waals surface area contributed by atoms with Crippen LogP contribution in [0.3, 0.4) is 0 Å². The maximum Gasteiger partial charge on any atom is 0.233 e. The Bertz CT molecular complexity index is 1010. The number of halogens is 1. The van der Waals surface area contributed by atoms with Gasteiger partial charge in [-0.15, -0.1) is 0 Å². The van der Waals surface area contributed by atoms with Crippen LogP contribution in [0.15, 0.2) is 35.5 Å². The van der Waals surface area contributed by atoms with Crippen molar-refractivity contribution in [3.8, 4) is 0 Å². The van der Waals surface area contributed by atoms with Crippen LogP contribution in [0.5, 0.6) is 0 Å². The molecule has 1 unspecified atom stereocenters. The van der Waals surface area contributed by atoms with Gasteiger partial charge in [0.2, 0.25) is 5.91 Å². The van der Waals surface area contributed by atoms with Crippen LogP contribution in [-0.4, -0.2) is 42.3 Å². The van der Waals surface area contributed by atoms with Crippen molar-refractivity contribution in [2.24, 2.45) is 5.92 Å². The van der Waals surface area contributed by atoms with Crippen LogP contribution < -0.4 is 5.32 Å². The van der Waals surface area contributed by atoms with Crippen LogP contribution in [0.4, 0.5) is 5.82 Å². The first-order chi connectivity index (χ1) is 14.3. The van der Waals surface area contributed by atoms with Gasteiger partial charge in [0.15, 0.2) is 15.7 Å². The number of nitrogens with one attached hydrogen (secondary N) is 1. The van der Waals surface area contributed by atoms with Crippen molar-refractivity contribution in [3.63, 3.8) is 0 Å². The van der Waals surface area contributed by atoms with E-state index in [-0.39, 0.29) is 28.9 Å². The summed E-state index contributed by atoms with van der Waals surface area (Å²) in [6.07, 6.45) is 9.48. The third-order valence-electron chi connectivity index (χ3n) is 5.48. The Hall–Kier alpha value is -2.03. The highest BCUT2D eigenvalue weighted by molar-refractivity contribution is 7.90. The summed E-state index contributed by atoms with van der Waals surface area (Å²) in [4.78, 5) is 21.7. The number of anilines is 1. The molecule has 1 aromatic carbocycles. The molecule has 0 radical (unpaired) electrons. The number of amides is 1. The molecule has 9 heteroatoms. The number of nitrogens with zero attached hydrogens (tertiary/aromatic N) is 2. The Morgan fingerprint density at radius 1 is 1.27 bits per heavy atom. The molecule has 1 saturated carbocycles. The molecule has 2 aromatic rings. The average molecular weight is 452 g/mol. The van der Waals surface area contributed by atoms with Gasteiger partial charge in [0, 0.05) is 31.7 Å². The highest BCUT2D eigenvalue weighted by Gasteiger charge is 2.28. The number of rotatable bonds is 8. The molecule has 3 rings (SSSR count). The maximum atomic E-state index is 13.2. The van der Waals surface area contributed by atoms with Gasteiger partial charge in [-0.25, -0.2) is 13.4 Å². The summed E-state index contributed by atoms with van der Waals surface area (Å²) >= 11 is 6.25. The van der Waals surface area contributed by atoms with Gasteiger partial charge >= 0.3 is 0 Å². The van der Waals surface area contributed by atoms with Crippen LogP contribution in [0.2, 0.25) is 5.02 Å². The number of aliphatic hydroxyl groups is 1. The second-order valence-corrected chi connectivity index (χ2v) is 10.1. The lowest BCUT2D eigenvalue weighted by Gasteiger charge is -2.21. The van der Waals surface area contributed by atoms with Crippen molar-refractivity contribution in [1.29, 1.82) is 0 Å². The minimum Gasteiger partial charge on any atom is -0.396 e. The Morgan fingerprint density at radius 3 is 2.60 bits per heavy atom. The fourth-order valence-electron chi connectivity index (χ4n) is 3.97. The van der Waals surface area contributed by atoms with Gasteiger partial charge in [-0.2, -0.15) is 0 Å². The van der Waals surface area contributed by atoms with Gasteiger partial charge in [0.05, 0.1) is 21.5 Å². The molecule has 1 atom stereocenters. The van der Waals surface area contributed by atoms with Crippen LogP contribution in [0.1, 0.15) is 49.3 Å². The van der Waals surface area contributed by atoms with E-state index in [1.807, 2.05) is 0 Å². The van der Waals surface area contributed by atoms with Gasteiger partial charge in [-0.3, -0.25) is 9.78 Å². The van der Waals surface area contributed by atoms with Crippen molar-refractivity contribution in [2.75, 3.05) is 18.2 Å². The lowest BCUT2D eigenvalue weighted by atomic mass is 9.87. The Morgan fingerprint density at radius 2 is 1.97 bits per heavy atom. The molecule has 0 saturated heterocycles. The van der Waals surface area contributed by atoms with Crippen molar-refractivity contribution in [2.45, 2.75) is 49.3 Å². The van der Waals surface area contributed by atoms with Gasteiger partial charge < -0.3 is 10.4 Å². The fraction of sp³-hybridized carbons (Fsp3) is 0.476. The van der Waals surface area contributed by atoms with Crippen LogP contribution in [0, 0.1) is 5.92 Å². The summed E-state index contributed by atoms with van der Waals surface area (Å²) in [5, 5.41) is 12.2. The van der Waals surface area contributed by atoms with E-state index in [4.69, 9.17) is 11.6 Å². The molecule has 0 bridgehead atoms. The minimum atomic E-state index is -3.45. The summed E-state index contributed by atoms with van der Waals surface area (Å²) in [5.41, 5.74) is 1.18. The molecule has 1 aromatic heterocycles. The van der Waals surface area contributed by atoms with E-state index in [0.29, 0.717) is 29.4 Å². The van der Waals surface area contributed by atoms with E-state index >= 15 is 0 Å². The summed E-state index contributed by atoms with van der Waals surface area (Å²) in [6.45, 7) is -0.102. The zero-order valence-electron chi connectivity index (χ0n) is 16.8. The number of aliphatic hydroxyl groups excluding tert-OH is 1. The standard InChI is InChI=1S/C21H26ClN3O4S/c1-30(28,29)19-7-6-15(13-17(19)22)16(12-14-4-2-3-5-14)21(27)25-20-18(8-11-26)23-9-10-24-20/h6-7,9-10,13-14,16,26H,2-5,8,11-12H2,1H3,(H,24,25,27). The average Bonchev–Trinajstić information content (AvgIpc) is 3.20. The van der Waals surface area contributed by atoms with Crippen LogP contribution in [0.25, 0.3) is 0 Å². The summed E-state index contributed by atoms with van der Waals surface area (Å²) in [7, 11) is -3.45. The lowest BCUT2D eigenvalue weighted by molar-refractivity contribution is -0.118. The van der Waals surface area contributed by atoms with Gasteiger partial charge in [0.1, 0.15) is 0 Å². The van der Waals surface area contributed by atoms with Gasteiger partial charge in [0.25, 0.3) is 0 Å². The molecule has 0 aliphatic heterocycles. The number of hydrogen-bond acceptors (Lipinski definition) is 6. The number of carbonyl (C=O) groups excluding carboxylic acids is 1. The topological polar surface area (TPSA) is 109 Å².